The van der Waals surface area contributed by atoms with E-state index in [4.69, 9.17) is 9.47 Å². The van der Waals surface area contributed by atoms with Crippen LogP contribution in [0.3, 0.4) is 0 Å². The largest absolute Gasteiger partial charge is 0.465 e. The number of aliphatic hydroxyl groups excluding tert-OH is 1. The van der Waals surface area contributed by atoms with Crippen LogP contribution < -0.4 is 4.90 Å². The van der Waals surface area contributed by atoms with Crippen molar-refractivity contribution < 1.29 is 29.0 Å². The number of likely N-dealkylation sites (tertiary alicyclic amines) is 1. The number of aliphatic hydroxyl groups is 1. The molecule has 0 radical (unpaired) electrons. The molecule has 5 rings (SSSR count). The number of ether oxygens (including phenoxy) is 2. The summed E-state index contributed by atoms with van der Waals surface area (Å²) in [7, 11) is 0. The molecule has 8 nitrogen and oxygen atoms in total. The average molecular weight is 547 g/mol. The molecule has 0 saturated carbocycles. The van der Waals surface area contributed by atoms with Crippen LogP contribution in [0.2, 0.25) is 0 Å². The Bertz CT molecular complexity index is 1340. The summed E-state index contributed by atoms with van der Waals surface area (Å²) in [5.74, 6) is -2.86. The Balaban J connectivity index is 1.55. The number of fused-ring (bicyclic) bond motifs is 2. The van der Waals surface area contributed by atoms with Gasteiger partial charge in [0.15, 0.2) is 0 Å². The van der Waals surface area contributed by atoms with E-state index < -0.39 is 41.1 Å². The monoisotopic (exact) mass is 546 g/mol. The molecule has 212 valence electrons. The number of benzene rings is 2. The van der Waals surface area contributed by atoms with Crippen LogP contribution in [0, 0.1) is 11.8 Å². The van der Waals surface area contributed by atoms with E-state index in [0.29, 0.717) is 31.4 Å². The molecule has 0 aromatic heterocycles. The highest BCUT2D eigenvalue weighted by molar-refractivity contribution is 6.05. The molecular formula is C32H38N2O6. The SMILES string of the molecule is C=CCCCOC(=O)[C@H]1[C@H]2C(=O)N([C@H](C)CO)C(C(=O)N(CC=C)c3ccc4ccccc4c3)C23CC[C@]1(C)O3. The van der Waals surface area contributed by atoms with Crippen LogP contribution in [0.1, 0.15) is 39.5 Å². The van der Waals surface area contributed by atoms with Crippen molar-refractivity contribution in [2.45, 2.75) is 62.8 Å². The van der Waals surface area contributed by atoms with Crippen molar-refractivity contribution in [2.75, 3.05) is 24.7 Å². The van der Waals surface area contributed by atoms with E-state index in [-0.39, 0.29) is 31.6 Å². The Labute approximate surface area is 235 Å². The lowest BCUT2D eigenvalue weighted by molar-refractivity contribution is -0.160. The lowest BCUT2D eigenvalue weighted by atomic mass is 9.66. The molecule has 0 aliphatic carbocycles. The summed E-state index contributed by atoms with van der Waals surface area (Å²) in [4.78, 5) is 45.2. The Morgan fingerprint density at radius 2 is 1.95 bits per heavy atom. The number of esters is 1. The zero-order valence-electron chi connectivity index (χ0n) is 23.3. The molecule has 1 N–H and O–H groups in total. The molecule has 3 fully saturated rings. The highest BCUT2D eigenvalue weighted by Crippen LogP contribution is 2.63. The Hall–Kier alpha value is -3.49. The lowest BCUT2D eigenvalue weighted by Gasteiger charge is -2.38. The predicted octanol–water partition coefficient (Wildman–Crippen LogP) is 4.01. The summed E-state index contributed by atoms with van der Waals surface area (Å²) >= 11 is 0. The fraction of sp³-hybridized carbons (Fsp3) is 0.469. The van der Waals surface area contributed by atoms with Crippen molar-refractivity contribution in [3.8, 4) is 0 Å². The van der Waals surface area contributed by atoms with Gasteiger partial charge in [0.2, 0.25) is 5.91 Å². The van der Waals surface area contributed by atoms with Crippen molar-refractivity contribution in [1.82, 2.24) is 4.90 Å². The number of amides is 2. The molecule has 3 aliphatic heterocycles. The van der Waals surface area contributed by atoms with Gasteiger partial charge in [0, 0.05) is 12.2 Å². The van der Waals surface area contributed by atoms with E-state index >= 15 is 0 Å². The second-order valence-electron chi connectivity index (χ2n) is 11.4. The van der Waals surface area contributed by atoms with Crippen LogP contribution in [0.4, 0.5) is 5.69 Å². The smallest absolute Gasteiger partial charge is 0.312 e. The first-order chi connectivity index (χ1) is 19.2. The molecule has 3 heterocycles. The number of nitrogens with zero attached hydrogens (tertiary/aromatic N) is 2. The second kappa shape index (κ2) is 10.8. The first-order valence-electron chi connectivity index (χ1n) is 14.0. The molecule has 2 bridgehead atoms. The number of carbonyl (C=O) groups excluding carboxylic acids is 3. The minimum Gasteiger partial charge on any atom is -0.465 e. The van der Waals surface area contributed by atoms with Gasteiger partial charge in [-0.05, 0) is 62.4 Å². The van der Waals surface area contributed by atoms with E-state index in [2.05, 4.69) is 13.2 Å². The standard InChI is InChI=1S/C32H38N2O6/c1-5-7-10-18-39-30(38)26-25-28(36)34(21(3)20-35)27(32(25)16-15-31(26,4)40-32)29(37)33(17-6-2)24-14-13-22-11-8-9-12-23(22)19-24/h5-6,8-9,11-14,19,21,25-27,35H,1-2,7,10,15-18,20H2,3-4H3/t21-,25+,26-,27?,31+,32?/m1/s1. The van der Waals surface area contributed by atoms with Crippen LogP contribution >= 0.6 is 0 Å². The molecule has 40 heavy (non-hydrogen) atoms. The van der Waals surface area contributed by atoms with Crippen LogP contribution in [0.25, 0.3) is 10.8 Å². The van der Waals surface area contributed by atoms with Gasteiger partial charge in [0.05, 0.1) is 30.8 Å². The normalized spacial score (nSPS) is 29.3. The van der Waals surface area contributed by atoms with Crippen LogP contribution in [0.15, 0.2) is 67.8 Å². The van der Waals surface area contributed by atoms with Crippen molar-refractivity contribution in [3.63, 3.8) is 0 Å². The van der Waals surface area contributed by atoms with Crippen molar-refractivity contribution in [2.24, 2.45) is 11.8 Å². The number of unbranched alkanes of at least 4 members (excludes halogenated alkanes) is 1. The number of anilines is 1. The van der Waals surface area contributed by atoms with Gasteiger partial charge in [0.25, 0.3) is 5.91 Å². The van der Waals surface area contributed by atoms with E-state index in [0.717, 1.165) is 10.8 Å². The van der Waals surface area contributed by atoms with Gasteiger partial charge >= 0.3 is 5.97 Å². The molecule has 3 aliphatic rings. The van der Waals surface area contributed by atoms with E-state index in [1.807, 2.05) is 49.4 Å². The Morgan fingerprint density at radius 3 is 2.65 bits per heavy atom. The average Bonchev–Trinajstić information content (AvgIpc) is 3.53. The lowest BCUT2D eigenvalue weighted by Crippen LogP contribution is -2.58. The Morgan fingerprint density at radius 1 is 1.20 bits per heavy atom. The van der Waals surface area contributed by atoms with Gasteiger partial charge in [-0.25, -0.2) is 0 Å². The summed E-state index contributed by atoms with van der Waals surface area (Å²) in [6, 6.07) is 12.0. The van der Waals surface area contributed by atoms with Crippen molar-refractivity contribution >= 4 is 34.2 Å². The third-order valence-electron chi connectivity index (χ3n) is 8.86. The third-order valence-corrected chi connectivity index (χ3v) is 8.86. The van der Waals surface area contributed by atoms with Crippen LogP contribution in [0.5, 0.6) is 0 Å². The summed E-state index contributed by atoms with van der Waals surface area (Å²) in [6.07, 6.45) is 5.73. The number of hydrogen-bond donors (Lipinski definition) is 1. The summed E-state index contributed by atoms with van der Waals surface area (Å²) in [6.45, 7) is 11.2. The first kappa shape index (κ1) is 28.1. The van der Waals surface area contributed by atoms with Gasteiger partial charge in [-0.15, -0.1) is 13.2 Å². The maximum Gasteiger partial charge on any atom is 0.312 e. The van der Waals surface area contributed by atoms with Crippen LogP contribution in [-0.4, -0.2) is 70.8 Å². The van der Waals surface area contributed by atoms with Gasteiger partial charge in [-0.2, -0.15) is 0 Å². The maximum atomic E-state index is 14.6. The molecule has 8 heteroatoms. The predicted molar refractivity (Wildman–Crippen MR) is 153 cm³/mol. The summed E-state index contributed by atoms with van der Waals surface area (Å²) < 4.78 is 12.3. The second-order valence-corrected chi connectivity index (χ2v) is 11.4. The zero-order valence-corrected chi connectivity index (χ0v) is 23.3. The topological polar surface area (TPSA) is 96.4 Å². The van der Waals surface area contributed by atoms with Gasteiger partial charge < -0.3 is 24.4 Å². The molecule has 2 aromatic carbocycles. The molecular weight excluding hydrogens is 508 g/mol. The highest BCUT2D eigenvalue weighted by Gasteiger charge is 2.79. The first-order valence-corrected chi connectivity index (χ1v) is 14.0. The van der Waals surface area contributed by atoms with E-state index in [9.17, 15) is 19.5 Å². The summed E-state index contributed by atoms with van der Waals surface area (Å²) in [5, 5.41) is 12.2. The zero-order chi connectivity index (χ0) is 28.7. The number of allylic oxidation sites excluding steroid dienone is 1. The minimum absolute atomic E-state index is 0.218. The molecule has 2 unspecified atom stereocenters. The fourth-order valence-corrected chi connectivity index (χ4v) is 7.00. The fourth-order valence-electron chi connectivity index (χ4n) is 7.00. The van der Waals surface area contributed by atoms with Crippen molar-refractivity contribution in [3.05, 3.63) is 67.8 Å². The summed E-state index contributed by atoms with van der Waals surface area (Å²) in [5.41, 5.74) is -1.45. The number of carbonyl (C=O) groups is 3. The number of rotatable bonds is 11. The molecule has 6 atom stereocenters. The highest BCUT2D eigenvalue weighted by atomic mass is 16.6. The molecule has 1 spiro atoms. The van der Waals surface area contributed by atoms with E-state index in [1.165, 1.54) is 4.90 Å². The van der Waals surface area contributed by atoms with Crippen molar-refractivity contribution in [1.29, 1.82) is 0 Å². The van der Waals surface area contributed by atoms with Gasteiger partial charge in [0.1, 0.15) is 17.6 Å². The Kier molecular flexibility index (Phi) is 7.59. The molecule has 2 aromatic rings. The van der Waals surface area contributed by atoms with E-state index in [1.54, 1.807) is 24.0 Å². The molecule has 3 saturated heterocycles. The quantitative estimate of drug-likeness (QED) is 0.260. The number of hydrogen-bond acceptors (Lipinski definition) is 6. The van der Waals surface area contributed by atoms with Crippen LogP contribution in [-0.2, 0) is 23.9 Å². The van der Waals surface area contributed by atoms with Gasteiger partial charge in [-0.3, -0.25) is 14.4 Å². The third kappa shape index (κ3) is 4.34. The minimum atomic E-state index is -1.20. The molecule has 2 amide bonds. The van der Waals surface area contributed by atoms with Gasteiger partial charge in [-0.1, -0.05) is 42.5 Å². The maximum absolute atomic E-state index is 14.6.